The monoisotopic (exact) mass is 329 g/mol. The molecule has 16 heavy (non-hydrogen) atoms. The van der Waals surface area contributed by atoms with Crippen molar-refractivity contribution in [3.63, 3.8) is 0 Å². The van der Waals surface area contributed by atoms with E-state index in [1.165, 1.54) is 6.07 Å². The maximum Gasteiger partial charge on any atom is 0.295 e. The van der Waals surface area contributed by atoms with Crippen LogP contribution in [0.1, 0.15) is 5.69 Å². The molecule has 0 saturated carbocycles. The first kappa shape index (κ1) is 11.2. The number of hydrogen-bond donors (Lipinski definition) is 1. The zero-order valence-corrected chi connectivity index (χ0v) is 10.3. The summed E-state index contributed by atoms with van der Waals surface area (Å²) in [6.07, 6.45) is 0. The Morgan fingerprint density at radius 1 is 1.38 bits per heavy atom. The molecule has 0 radical (unpaired) electrons. The van der Waals surface area contributed by atoms with Crippen LogP contribution < -0.4 is 3.53 Å². The maximum atomic E-state index is 10.8. The molecule has 2 aromatic rings. The van der Waals surface area contributed by atoms with E-state index in [2.05, 4.69) is 8.51 Å². The number of para-hydroxylation sites is 1. The number of rotatable bonds is 3. The molecule has 1 heterocycles. The molecule has 0 fully saturated rings. The molecule has 0 bridgehead atoms. The Morgan fingerprint density at radius 2 is 2.19 bits per heavy atom. The SMILES string of the molecule is O=[N+]([O-])c1cccc2ccc(CNI)nc12. The van der Waals surface area contributed by atoms with Crippen molar-refractivity contribution in [3.8, 4) is 0 Å². The minimum Gasteiger partial charge on any atom is -0.258 e. The molecule has 1 N–H and O–H groups in total. The number of non-ortho nitro benzene ring substituents is 1. The molecule has 1 aromatic heterocycles. The summed E-state index contributed by atoms with van der Waals surface area (Å²) in [6.45, 7) is 0.586. The van der Waals surface area contributed by atoms with Crippen molar-refractivity contribution in [2.45, 2.75) is 6.54 Å². The number of fused-ring (bicyclic) bond motifs is 1. The van der Waals surface area contributed by atoms with E-state index in [-0.39, 0.29) is 5.69 Å². The van der Waals surface area contributed by atoms with Gasteiger partial charge in [-0.25, -0.2) is 4.98 Å². The van der Waals surface area contributed by atoms with Crippen LogP contribution in [0.5, 0.6) is 0 Å². The zero-order chi connectivity index (χ0) is 11.5. The van der Waals surface area contributed by atoms with Crippen molar-refractivity contribution >= 4 is 39.5 Å². The van der Waals surface area contributed by atoms with Gasteiger partial charge in [-0.2, -0.15) is 0 Å². The lowest BCUT2D eigenvalue weighted by Gasteiger charge is -2.02. The van der Waals surface area contributed by atoms with Crippen molar-refractivity contribution in [2.75, 3.05) is 0 Å². The van der Waals surface area contributed by atoms with Gasteiger partial charge < -0.3 is 0 Å². The minimum atomic E-state index is -0.406. The van der Waals surface area contributed by atoms with E-state index < -0.39 is 4.92 Å². The van der Waals surface area contributed by atoms with Crippen molar-refractivity contribution in [3.05, 3.63) is 46.1 Å². The maximum absolute atomic E-state index is 10.8. The van der Waals surface area contributed by atoms with Crippen LogP contribution in [-0.4, -0.2) is 9.91 Å². The molecule has 0 saturated heterocycles. The summed E-state index contributed by atoms with van der Waals surface area (Å²) in [5.41, 5.74) is 1.28. The summed E-state index contributed by atoms with van der Waals surface area (Å²) in [5, 5.41) is 11.6. The average Bonchev–Trinajstić information content (AvgIpc) is 2.28. The molecular weight excluding hydrogens is 321 g/mol. The number of halogens is 1. The van der Waals surface area contributed by atoms with Crippen LogP contribution in [0.4, 0.5) is 5.69 Å². The van der Waals surface area contributed by atoms with Gasteiger partial charge in [-0.05, 0) is 6.07 Å². The lowest BCUT2D eigenvalue weighted by atomic mass is 10.2. The number of benzene rings is 1. The molecule has 0 amide bonds. The number of nitro groups is 1. The molecule has 0 unspecified atom stereocenters. The van der Waals surface area contributed by atoms with E-state index in [1.807, 2.05) is 41.1 Å². The second-order valence-corrected chi connectivity index (χ2v) is 3.98. The molecule has 2 rings (SSSR count). The summed E-state index contributed by atoms with van der Waals surface area (Å²) in [7, 11) is 0. The first-order chi connectivity index (χ1) is 7.72. The fraction of sp³-hybridized carbons (Fsp3) is 0.100. The third-order valence-electron chi connectivity index (χ3n) is 2.20. The molecule has 0 aliphatic heterocycles. The molecule has 0 aliphatic carbocycles. The van der Waals surface area contributed by atoms with Crippen molar-refractivity contribution < 1.29 is 4.92 Å². The summed E-state index contributed by atoms with van der Waals surface area (Å²) in [6, 6.07) is 8.65. The number of aromatic nitrogens is 1. The molecule has 5 nitrogen and oxygen atoms in total. The van der Waals surface area contributed by atoms with Gasteiger partial charge in [0.25, 0.3) is 5.69 Å². The van der Waals surface area contributed by atoms with E-state index in [1.54, 1.807) is 6.07 Å². The summed E-state index contributed by atoms with van der Waals surface area (Å²) < 4.78 is 2.94. The van der Waals surface area contributed by atoms with Crippen LogP contribution in [-0.2, 0) is 6.54 Å². The van der Waals surface area contributed by atoms with Crippen LogP contribution in [0.15, 0.2) is 30.3 Å². The Bertz CT molecular complexity index is 545. The lowest BCUT2D eigenvalue weighted by molar-refractivity contribution is -0.383. The minimum absolute atomic E-state index is 0.0489. The smallest absolute Gasteiger partial charge is 0.258 e. The Labute approximate surface area is 106 Å². The van der Waals surface area contributed by atoms with Crippen LogP contribution in [0.25, 0.3) is 10.9 Å². The number of hydrogen-bond acceptors (Lipinski definition) is 4. The highest BCUT2D eigenvalue weighted by Gasteiger charge is 2.12. The first-order valence-electron chi connectivity index (χ1n) is 4.59. The van der Waals surface area contributed by atoms with Gasteiger partial charge in [-0.3, -0.25) is 13.6 Å². The predicted octanol–water partition coefficient (Wildman–Crippen LogP) is 2.58. The van der Waals surface area contributed by atoms with Gasteiger partial charge in [0.2, 0.25) is 0 Å². The first-order valence-corrected chi connectivity index (χ1v) is 5.67. The topological polar surface area (TPSA) is 68.1 Å². The summed E-state index contributed by atoms with van der Waals surface area (Å²) in [4.78, 5) is 14.7. The second-order valence-electron chi connectivity index (χ2n) is 3.22. The molecule has 1 aromatic carbocycles. The van der Waals surface area contributed by atoms with Gasteiger partial charge in [0, 0.05) is 40.9 Å². The molecular formula is C10H8IN3O2. The number of nitrogens with zero attached hydrogens (tertiary/aromatic N) is 2. The van der Waals surface area contributed by atoms with Gasteiger partial charge in [0.15, 0.2) is 0 Å². The van der Waals surface area contributed by atoms with E-state index in [0.29, 0.717) is 12.1 Å². The van der Waals surface area contributed by atoms with Crippen LogP contribution >= 0.6 is 22.9 Å². The number of nitro benzene ring substituents is 1. The predicted molar refractivity (Wildman–Crippen MR) is 69.3 cm³/mol. The largest absolute Gasteiger partial charge is 0.295 e. The van der Waals surface area contributed by atoms with E-state index in [9.17, 15) is 10.1 Å². The van der Waals surface area contributed by atoms with Gasteiger partial charge in [-0.1, -0.05) is 18.2 Å². The fourth-order valence-electron chi connectivity index (χ4n) is 1.49. The Balaban J connectivity index is 2.63. The quantitative estimate of drug-likeness (QED) is 0.407. The van der Waals surface area contributed by atoms with Gasteiger partial charge in [0.05, 0.1) is 10.6 Å². The normalized spacial score (nSPS) is 10.6. The number of pyridine rings is 1. The highest BCUT2D eigenvalue weighted by molar-refractivity contribution is 14.1. The zero-order valence-electron chi connectivity index (χ0n) is 8.18. The summed E-state index contributed by atoms with van der Waals surface area (Å²) >= 11 is 2.01. The highest BCUT2D eigenvalue weighted by atomic mass is 127. The van der Waals surface area contributed by atoms with Crippen molar-refractivity contribution in [1.82, 2.24) is 8.51 Å². The van der Waals surface area contributed by atoms with Gasteiger partial charge in [0.1, 0.15) is 5.52 Å². The van der Waals surface area contributed by atoms with Crippen LogP contribution in [0.3, 0.4) is 0 Å². The third kappa shape index (κ3) is 2.12. The highest BCUT2D eigenvalue weighted by Crippen LogP contribution is 2.23. The standard InChI is InChI=1S/C10H8IN3O2/c11-12-6-8-5-4-7-2-1-3-9(14(15)16)10(7)13-8/h1-5,12H,6H2. The lowest BCUT2D eigenvalue weighted by Crippen LogP contribution is -2.01. The molecule has 0 aliphatic rings. The van der Waals surface area contributed by atoms with Gasteiger partial charge >= 0.3 is 0 Å². The van der Waals surface area contributed by atoms with E-state index in [4.69, 9.17) is 0 Å². The molecule has 0 spiro atoms. The molecule has 6 heteroatoms. The second kappa shape index (κ2) is 4.71. The Kier molecular flexibility index (Phi) is 3.30. The number of nitrogens with one attached hydrogen (secondary N) is 1. The Hall–Kier alpha value is -1.28. The van der Waals surface area contributed by atoms with E-state index >= 15 is 0 Å². The van der Waals surface area contributed by atoms with Crippen LogP contribution in [0, 0.1) is 10.1 Å². The molecule has 82 valence electrons. The van der Waals surface area contributed by atoms with Crippen molar-refractivity contribution in [1.29, 1.82) is 0 Å². The third-order valence-corrected chi connectivity index (χ3v) is 2.58. The summed E-state index contributed by atoms with van der Waals surface area (Å²) in [5.74, 6) is 0. The van der Waals surface area contributed by atoms with Crippen molar-refractivity contribution in [2.24, 2.45) is 0 Å². The van der Waals surface area contributed by atoms with E-state index in [0.717, 1.165) is 11.1 Å². The fourth-order valence-corrected chi connectivity index (χ4v) is 1.88. The Morgan fingerprint density at radius 3 is 2.88 bits per heavy atom. The molecule has 0 atom stereocenters. The average molecular weight is 329 g/mol. The van der Waals surface area contributed by atoms with Crippen LogP contribution in [0.2, 0.25) is 0 Å². The van der Waals surface area contributed by atoms with Gasteiger partial charge in [-0.15, -0.1) is 0 Å².